The van der Waals surface area contributed by atoms with Crippen LogP contribution in [0.4, 0.5) is 0 Å². The van der Waals surface area contributed by atoms with Crippen molar-refractivity contribution in [3.8, 4) is 0 Å². The summed E-state index contributed by atoms with van der Waals surface area (Å²) in [6, 6.07) is 9.17. The van der Waals surface area contributed by atoms with Crippen LogP contribution in [0.3, 0.4) is 0 Å². The molecule has 1 heterocycles. The predicted molar refractivity (Wildman–Crippen MR) is 79.0 cm³/mol. The van der Waals surface area contributed by atoms with E-state index < -0.39 is 0 Å². The number of fused-ring (bicyclic) bond motifs is 1. The zero-order chi connectivity index (χ0) is 12.4. The van der Waals surface area contributed by atoms with E-state index in [1.165, 1.54) is 55.4 Å². The van der Waals surface area contributed by atoms with Crippen molar-refractivity contribution < 1.29 is 0 Å². The molecule has 0 aromatic heterocycles. The number of benzene rings is 1. The lowest BCUT2D eigenvalue weighted by molar-refractivity contribution is 0.315. The number of hydrogen-bond acceptors (Lipinski definition) is 2. The lowest BCUT2D eigenvalue weighted by Crippen LogP contribution is -2.34. The molecule has 0 saturated heterocycles. The molecule has 1 aromatic carbocycles. The van der Waals surface area contributed by atoms with Crippen LogP contribution in [0.25, 0.3) is 0 Å². The van der Waals surface area contributed by atoms with E-state index >= 15 is 0 Å². The van der Waals surface area contributed by atoms with Crippen LogP contribution in [-0.2, 0) is 6.42 Å². The average Bonchev–Trinajstić information content (AvgIpc) is 2.84. The molecule has 2 heteroatoms. The SMILES string of the molecule is NC(CC1CCCCC1)C1Cc2ccccc2S1. The van der Waals surface area contributed by atoms with Crippen LogP contribution in [0, 0.1) is 5.92 Å². The quantitative estimate of drug-likeness (QED) is 0.890. The van der Waals surface area contributed by atoms with Gasteiger partial charge in [0.15, 0.2) is 0 Å². The zero-order valence-electron chi connectivity index (χ0n) is 11.0. The molecule has 0 amide bonds. The Labute approximate surface area is 115 Å². The van der Waals surface area contributed by atoms with Gasteiger partial charge in [0.05, 0.1) is 0 Å². The molecule has 1 saturated carbocycles. The highest BCUT2D eigenvalue weighted by atomic mass is 32.2. The van der Waals surface area contributed by atoms with Gasteiger partial charge in [-0.15, -0.1) is 11.8 Å². The molecule has 1 aliphatic heterocycles. The molecule has 0 bridgehead atoms. The van der Waals surface area contributed by atoms with Crippen LogP contribution in [0.5, 0.6) is 0 Å². The van der Waals surface area contributed by atoms with Crippen molar-refractivity contribution in [2.75, 3.05) is 0 Å². The Kier molecular flexibility index (Phi) is 3.95. The van der Waals surface area contributed by atoms with Crippen LogP contribution in [-0.4, -0.2) is 11.3 Å². The van der Waals surface area contributed by atoms with Crippen molar-refractivity contribution >= 4 is 11.8 Å². The summed E-state index contributed by atoms with van der Waals surface area (Å²) >= 11 is 2.01. The molecule has 2 unspecified atom stereocenters. The third kappa shape index (κ3) is 2.75. The summed E-state index contributed by atoms with van der Waals surface area (Å²) in [5.74, 6) is 0.901. The maximum atomic E-state index is 6.47. The first kappa shape index (κ1) is 12.6. The number of hydrogen-bond donors (Lipinski definition) is 1. The summed E-state index contributed by atoms with van der Waals surface area (Å²) in [6.45, 7) is 0. The number of rotatable bonds is 3. The van der Waals surface area contributed by atoms with Crippen molar-refractivity contribution in [1.82, 2.24) is 0 Å². The van der Waals surface area contributed by atoms with Crippen molar-refractivity contribution in [2.24, 2.45) is 11.7 Å². The average molecular weight is 261 g/mol. The van der Waals surface area contributed by atoms with E-state index in [1.807, 2.05) is 11.8 Å². The predicted octanol–water partition coefficient (Wildman–Crippen LogP) is 4.00. The van der Waals surface area contributed by atoms with Crippen LogP contribution in [0.1, 0.15) is 44.1 Å². The lowest BCUT2D eigenvalue weighted by Gasteiger charge is -2.27. The van der Waals surface area contributed by atoms with E-state index in [2.05, 4.69) is 24.3 Å². The maximum Gasteiger partial charge on any atom is 0.0287 e. The minimum Gasteiger partial charge on any atom is -0.327 e. The van der Waals surface area contributed by atoms with Gasteiger partial charge in [-0.25, -0.2) is 0 Å². The first-order chi connectivity index (χ1) is 8.83. The molecule has 1 fully saturated rings. The topological polar surface area (TPSA) is 26.0 Å². The smallest absolute Gasteiger partial charge is 0.0287 e. The summed E-state index contributed by atoms with van der Waals surface area (Å²) in [6.07, 6.45) is 9.54. The van der Waals surface area contributed by atoms with E-state index in [9.17, 15) is 0 Å². The molecule has 3 rings (SSSR count). The van der Waals surface area contributed by atoms with Crippen molar-refractivity contribution in [1.29, 1.82) is 0 Å². The molecule has 2 N–H and O–H groups in total. The van der Waals surface area contributed by atoms with Gasteiger partial charge in [-0.1, -0.05) is 50.3 Å². The maximum absolute atomic E-state index is 6.47. The van der Waals surface area contributed by atoms with Crippen molar-refractivity contribution in [3.63, 3.8) is 0 Å². The minimum absolute atomic E-state index is 0.380. The van der Waals surface area contributed by atoms with E-state index in [4.69, 9.17) is 5.73 Å². The molecule has 1 nitrogen and oxygen atoms in total. The van der Waals surface area contributed by atoms with Gasteiger partial charge in [-0.2, -0.15) is 0 Å². The standard InChI is InChI=1S/C16H23NS/c17-14(10-12-6-2-1-3-7-12)16-11-13-8-4-5-9-15(13)18-16/h4-5,8-9,12,14,16H,1-3,6-7,10-11,17H2. The Hall–Kier alpha value is -0.470. The lowest BCUT2D eigenvalue weighted by atomic mass is 9.84. The fourth-order valence-corrected chi connectivity index (χ4v) is 4.74. The van der Waals surface area contributed by atoms with Crippen molar-refractivity contribution in [3.05, 3.63) is 29.8 Å². The van der Waals surface area contributed by atoms with Gasteiger partial charge in [-0.05, 0) is 30.4 Å². The fraction of sp³-hybridized carbons (Fsp3) is 0.625. The second-order valence-corrected chi connectivity index (χ2v) is 7.15. The number of thioether (sulfide) groups is 1. The summed E-state index contributed by atoms with van der Waals surface area (Å²) in [7, 11) is 0. The van der Waals surface area contributed by atoms with Gasteiger partial charge in [-0.3, -0.25) is 0 Å². The fourth-order valence-electron chi connectivity index (χ4n) is 3.41. The molecule has 1 aliphatic carbocycles. The summed E-state index contributed by atoms with van der Waals surface area (Å²) in [4.78, 5) is 1.46. The van der Waals surface area contributed by atoms with Gasteiger partial charge in [0.2, 0.25) is 0 Å². The van der Waals surface area contributed by atoms with Gasteiger partial charge < -0.3 is 5.73 Å². The van der Waals surface area contributed by atoms with Gasteiger partial charge in [0.25, 0.3) is 0 Å². The Bertz CT molecular complexity index is 373. The molecular formula is C16H23NS. The van der Waals surface area contributed by atoms with Crippen molar-refractivity contribution in [2.45, 2.75) is 61.1 Å². The summed E-state index contributed by atoms with van der Waals surface area (Å²) in [5, 5.41) is 0.615. The Morgan fingerprint density at radius 3 is 2.72 bits per heavy atom. The first-order valence-corrected chi connectivity index (χ1v) is 8.21. The van der Waals surface area contributed by atoms with E-state index in [0.29, 0.717) is 11.3 Å². The largest absolute Gasteiger partial charge is 0.327 e. The van der Waals surface area contributed by atoms with E-state index in [0.717, 1.165) is 5.92 Å². The monoisotopic (exact) mass is 261 g/mol. The van der Waals surface area contributed by atoms with Crippen LogP contribution >= 0.6 is 11.8 Å². The van der Waals surface area contributed by atoms with Gasteiger partial charge >= 0.3 is 0 Å². The molecule has 0 radical (unpaired) electrons. The third-order valence-corrected chi connectivity index (χ3v) is 5.95. The molecular weight excluding hydrogens is 238 g/mol. The molecule has 18 heavy (non-hydrogen) atoms. The third-order valence-electron chi connectivity index (χ3n) is 4.48. The highest BCUT2D eigenvalue weighted by molar-refractivity contribution is 8.00. The Morgan fingerprint density at radius 2 is 1.94 bits per heavy atom. The highest BCUT2D eigenvalue weighted by Gasteiger charge is 2.29. The minimum atomic E-state index is 0.380. The van der Waals surface area contributed by atoms with Crippen LogP contribution in [0.15, 0.2) is 29.2 Å². The second kappa shape index (κ2) is 5.66. The molecule has 0 spiro atoms. The summed E-state index contributed by atoms with van der Waals surface area (Å²) in [5.41, 5.74) is 7.97. The van der Waals surface area contributed by atoms with Crippen LogP contribution < -0.4 is 5.73 Å². The molecule has 1 aromatic rings. The van der Waals surface area contributed by atoms with E-state index in [-0.39, 0.29) is 0 Å². The second-order valence-electron chi connectivity index (χ2n) is 5.87. The van der Waals surface area contributed by atoms with Gasteiger partial charge in [0, 0.05) is 16.2 Å². The van der Waals surface area contributed by atoms with Crippen LogP contribution in [0.2, 0.25) is 0 Å². The highest BCUT2D eigenvalue weighted by Crippen LogP contribution is 2.39. The van der Waals surface area contributed by atoms with Gasteiger partial charge in [0.1, 0.15) is 0 Å². The summed E-state index contributed by atoms with van der Waals surface area (Å²) < 4.78 is 0. The Morgan fingerprint density at radius 1 is 1.17 bits per heavy atom. The molecule has 98 valence electrons. The first-order valence-electron chi connectivity index (χ1n) is 7.33. The zero-order valence-corrected chi connectivity index (χ0v) is 11.8. The molecule has 2 atom stereocenters. The van der Waals surface area contributed by atoms with E-state index in [1.54, 1.807) is 0 Å². The molecule has 2 aliphatic rings. The number of nitrogens with two attached hydrogens (primary N) is 1. The Balaban J connectivity index is 1.56. The normalized spacial score (nSPS) is 25.9.